The number of sulfonamides is 1. The summed E-state index contributed by atoms with van der Waals surface area (Å²) in [5.41, 5.74) is 7.55. The number of aryl methyl sites for hydroxylation is 1. The average Bonchev–Trinajstić information content (AvgIpc) is 3.52. The van der Waals surface area contributed by atoms with Crippen LogP contribution >= 0.6 is 0 Å². The van der Waals surface area contributed by atoms with Gasteiger partial charge in [-0.05, 0) is 31.9 Å². The minimum atomic E-state index is -3.72. The van der Waals surface area contributed by atoms with Crippen molar-refractivity contribution in [1.82, 2.24) is 24.2 Å². The summed E-state index contributed by atoms with van der Waals surface area (Å²) in [5.74, 6) is -0.00589. The van der Waals surface area contributed by atoms with Crippen LogP contribution in [0.5, 0.6) is 5.75 Å². The van der Waals surface area contributed by atoms with Crippen LogP contribution in [0.2, 0.25) is 0 Å². The van der Waals surface area contributed by atoms with E-state index in [1.165, 1.54) is 26.0 Å². The molecule has 1 aromatic carbocycles. The smallest absolute Gasteiger partial charge is 0.232 e. The SMILES string of the molecule is COCOc1ccccc1CCS(=O)(=O)NC=C1O[C@@H](n2cnc3c(N)ncnc32)C2OC(C)(C)O[C@@H]12. The largest absolute Gasteiger partial charge is 0.467 e. The van der Waals surface area contributed by atoms with Crippen LogP contribution in [0.15, 0.2) is 48.9 Å². The molecule has 13 nitrogen and oxygen atoms in total. The zero-order chi connectivity index (χ0) is 26.2. The van der Waals surface area contributed by atoms with Crippen LogP contribution in [0.4, 0.5) is 5.82 Å². The molecule has 1 unspecified atom stereocenters. The van der Waals surface area contributed by atoms with Crippen molar-refractivity contribution in [3.63, 3.8) is 0 Å². The summed E-state index contributed by atoms with van der Waals surface area (Å²) < 4.78 is 58.5. The molecule has 2 aliphatic rings. The lowest BCUT2D eigenvalue weighted by Gasteiger charge is -2.23. The lowest BCUT2D eigenvalue weighted by atomic mass is 10.1. The fourth-order valence-corrected chi connectivity index (χ4v) is 5.21. The predicted molar refractivity (Wildman–Crippen MR) is 131 cm³/mol. The molecule has 14 heteroatoms. The summed E-state index contributed by atoms with van der Waals surface area (Å²) in [4.78, 5) is 12.5. The van der Waals surface area contributed by atoms with Crippen LogP contribution in [-0.4, -0.2) is 65.6 Å². The van der Waals surface area contributed by atoms with Gasteiger partial charge in [0.05, 0.1) is 12.0 Å². The average molecular weight is 533 g/mol. The number of ether oxygens (including phenoxy) is 5. The molecule has 2 aliphatic heterocycles. The molecule has 3 aromatic rings. The van der Waals surface area contributed by atoms with E-state index in [0.717, 1.165) is 5.56 Å². The van der Waals surface area contributed by atoms with Crippen LogP contribution in [0, 0.1) is 0 Å². The van der Waals surface area contributed by atoms with E-state index in [-0.39, 0.29) is 30.5 Å². The molecule has 3 N–H and O–H groups in total. The highest BCUT2D eigenvalue weighted by molar-refractivity contribution is 7.89. The lowest BCUT2D eigenvalue weighted by Crippen LogP contribution is -2.27. The van der Waals surface area contributed by atoms with Crippen LogP contribution in [0.25, 0.3) is 11.2 Å². The van der Waals surface area contributed by atoms with Crippen molar-refractivity contribution in [3.8, 4) is 5.75 Å². The third-order valence-electron chi connectivity index (χ3n) is 5.93. The normalized spacial score (nSPS) is 23.8. The van der Waals surface area contributed by atoms with Gasteiger partial charge in [0, 0.05) is 7.11 Å². The Hall–Kier alpha value is -3.46. The predicted octanol–water partition coefficient (Wildman–Crippen LogP) is 1.44. The molecule has 2 saturated heterocycles. The maximum absolute atomic E-state index is 12.8. The number of hydrogen-bond acceptors (Lipinski definition) is 11. The Labute approximate surface area is 213 Å². The molecule has 0 spiro atoms. The van der Waals surface area contributed by atoms with Gasteiger partial charge in [-0.1, -0.05) is 18.2 Å². The van der Waals surface area contributed by atoms with Gasteiger partial charge in [0.2, 0.25) is 16.3 Å². The number of para-hydroxylation sites is 1. The minimum Gasteiger partial charge on any atom is -0.467 e. The number of benzene rings is 1. The highest BCUT2D eigenvalue weighted by Gasteiger charge is 2.54. The third-order valence-corrected chi connectivity index (χ3v) is 7.15. The molecular weight excluding hydrogens is 504 g/mol. The zero-order valence-corrected chi connectivity index (χ0v) is 21.3. The zero-order valence-electron chi connectivity index (χ0n) is 20.5. The number of methoxy groups -OCH3 is 1. The minimum absolute atomic E-state index is 0.0679. The molecule has 0 radical (unpaired) electrons. The second-order valence-corrected chi connectivity index (χ2v) is 10.9. The first kappa shape index (κ1) is 25.2. The van der Waals surface area contributed by atoms with Crippen LogP contribution in [0.1, 0.15) is 25.6 Å². The number of rotatable bonds is 9. The molecular formula is C23H28N6O7S. The van der Waals surface area contributed by atoms with Gasteiger partial charge < -0.3 is 29.4 Å². The van der Waals surface area contributed by atoms with Crippen molar-refractivity contribution >= 4 is 27.0 Å². The topological polar surface area (TPSA) is 162 Å². The van der Waals surface area contributed by atoms with Crippen LogP contribution < -0.4 is 15.2 Å². The van der Waals surface area contributed by atoms with Gasteiger partial charge in [-0.15, -0.1) is 0 Å². The monoisotopic (exact) mass is 532 g/mol. The summed E-state index contributed by atoms with van der Waals surface area (Å²) >= 11 is 0. The van der Waals surface area contributed by atoms with E-state index in [0.29, 0.717) is 16.9 Å². The second kappa shape index (κ2) is 9.78. The fourth-order valence-electron chi connectivity index (χ4n) is 4.30. The fraction of sp³-hybridized carbons (Fsp3) is 0.435. The van der Waals surface area contributed by atoms with Crippen molar-refractivity contribution in [2.45, 2.75) is 44.5 Å². The number of nitrogens with two attached hydrogens (primary N) is 1. The van der Waals surface area contributed by atoms with Gasteiger partial charge in [-0.2, -0.15) is 0 Å². The maximum Gasteiger partial charge on any atom is 0.232 e. The number of aromatic nitrogens is 4. The van der Waals surface area contributed by atoms with Gasteiger partial charge in [-0.25, -0.2) is 23.4 Å². The van der Waals surface area contributed by atoms with Crippen molar-refractivity contribution in [1.29, 1.82) is 0 Å². The standard InChI is InChI=1S/C23H28N6O7S/c1-23(2)35-18-16(10-28-37(30,31)9-8-14-6-4-5-7-15(14)33-13-32-3)34-22(19(18)36-23)29-12-27-17-20(24)25-11-26-21(17)29/h4-7,10-12,18-19,22,28H,8-9,13H2,1-3H3,(H2,24,25,26)/t18-,19?,22+/m0/s1. The first-order chi connectivity index (χ1) is 17.7. The van der Waals surface area contributed by atoms with Gasteiger partial charge in [-0.3, -0.25) is 9.29 Å². The molecule has 0 aliphatic carbocycles. The first-order valence-corrected chi connectivity index (χ1v) is 13.2. The second-order valence-electron chi connectivity index (χ2n) is 9.00. The molecule has 5 rings (SSSR count). The number of nitrogens with one attached hydrogen (secondary N) is 1. The van der Waals surface area contributed by atoms with Crippen molar-refractivity contribution in [3.05, 3.63) is 54.4 Å². The number of nitrogen functional groups attached to an aromatic ring is 1. The number of imidazole rings is 1. The van der Waals surface area contributed by atoms with E-state index in [4.69, 9.17) is 29.4 Å². The van der Waals surface area contributed by atoms with E-state index >= 15 is 0 Å². The van der Waals surface area contributed by atoms with Crippen molar-refractivity contribution in [2.75, 3.05) is 25.4 Å². The lowest BCUT2D eigenvalue weighted by molar-refractivity contribution is -0.173. The molecule has 3 atom stereocenters. The molecule has 0 bridgehead atoms. The molecule has 0 amide bonds. The highest BCUT2D eigenvalue weighted by atomic mass is 32.2. The highest BCUT2D eigenvalue weighted by Crippen LogP contribution is 2.45. The van der Waals surface area contributed by atoms with Gasteiger partial charge in [0.25, 0.3) is 0 Å². The van der Waals surface area contributed by atoms with E-state index < -0.39 is 34.2 Å². The Morgan fingerprint density at radius 2 is 2.03 bits per heavy atom. The molecule has 2 aromatic heterocycles. The molecule has 37 heavy (non-hydrogen) atoms. The van der Waals surface area contributed by atoms with Gasteiger partial charge >= 0.3 is 0 Å². The molecule has 198 valence electrons. The van der Waals surface area contributed by atoms with Crippen molar-refractivity contribution in [2.24, 2.45) is 0 Å². The Morgan fingerprint density at radius 1 is 1.22 bits per heavy atom. The summed E-state index contributed by atoms with van der Waals surface area (Å²) in [6.07, 6.45) is 2.46. The summed E-state index contributed by atoms with van der Waals surface area (Å²) in [7, 11) is -2.20. The Balaban J connectivity index is 1.34. The molecule has 4 heterocycles. The Kier molecular flexibility index (Phi) is 6.66. The van der Waals surface area contributed by atoms with Crippen LogP contribution in [0.3, 0.4) is 0 Å². The maximum atomic E-state index is 12.8. The summed E-state index contributed by atoms with van der Waals surface area (Å²) in [6.45, 7) is 3.62. The first-order valence-electron chi connectivity index (χ1n) is 11.5. The number of hydrogen-bond donors (Lipinski definition) is 2. The number of anilines is 1. The van der Waals surface area contributed by atoms with E-state index in [1.807, 2.05) is 18.2 Å². The third kappa shape index (κ3) is 5.18. The van der Waals surface area contributed by atoms with E-state index in [1.54, 1.807) is 24.5 Å². The van der Waals surface area contributed by atoms with Gasteiger partial charge in [0.15, 0.2) is 36.3 Å². The quantitative estimate of drug-likeness (QED) is 0.384. The van der Waals surface area contributed by atoms with E-state index in [2.05, 4.69) is 19.7 Å². The van der Waals surface area contributed by atoms with Crippen LogP contribution in [-0.2, 0) is 35.4 Å². The molecule has 0 saturated carbocycles. The van der Waals surface area contributed by atoms with Gasteiger partial charge in [0.1, 0.15) is 29.7 Å². The number of nitrogens with zero attached hydrogens (tertiary/aromatic N) is 4. The van der Waals surface area contributed by atoms with E-state index in [9.17, 15) is 8.42 Å². The Bertz CT molecular complexity index is 1420. The summed E-state index contributed by atoms with van der Waals surface area (Å²) in [6, 6.07) is 7.21. The summed E-state index contributed by atoms with van der Waals surface area (Å²) in [5, 5.41) is 0. The van der Waals surface area contributed by atoms with Crippen molar-refractivity contribution < 1.29 is 32.1 Å². The Morgan fingerprint density at radius 3 is 2.84 bits per heavy atom. The molecule has 2 fully saturated rings. The number of fused-ring (bicyclic) bond motifs is 2.